The van der Waals surface area contributed by atoms with Crippen LogP contribution in [0.4, 0.5) is 5.82 Å². The zero-order chi connectivity index (χ0) is 8.60. The Morgan fingerprint density at radius 3 is 3.08 bits per heavy atom. The molecular formula is C8H13N3O. The molecule has 2 N–H and O–H groups in total. The first kappa shape index (κ1) is 7.61. The second kappa shape index (κ2) is 2.48. The van der Waals surface area contributed by atoms with Crippen LogP contribution in [0, 0.1) is 0 Å². The molecule has 4 heteroatoms. The van der Waals surface area contributed by atoms with E-state index in [1.807, 2.05) is 13.0 Å². The number of rotatable bonds is 1. The van der Waals surface area contributed by atoms with Crippen LogP contribution >= 0.6 is 0 Å². The van der Waals surface area contributed by atoms with Gasteiger partial charge in [0.2, 0.25) is 0 Å². The van der Waals surface area contributed by atoms with Crippen LogP contribution in [0.25, 0.3) is 0 Å². The lowest BCUT2D eigenvalue weighted by Gasteiger charge is -2.17. The van der Waals surface area contributed by atoms with Crippen molar-refractivity contribution in [3.63, 3.8) is 0 Å². The van der Waals surface area contributed by atoms with Gasteiger partial charge in [0.05, 0.1) is 5.60 Å². The molecule has 1 aromatic heterocycles. The summed E-state index contributed by atoms with van der Waals surface area (Å²) in [6.07, 6.45) is 2.61. The van der Waals surface area contributed by atoms with Gasteiger partial charge in [0.25, 0.3) is 0 Å². The van der Waals surface area contributed by atoms with Crippen molar-refractivity contribution >= 4 is 5.82 Å². The van der Waals surface area contributed by atoms with E-state index in [1.54, 1.807) is 6.20 Å². The van der Waals surface area contributed by atoms with Crippen molar-refractivity contribution in [3.05, 3.63) is 12.3 Å². The Bertz CT molecular complexity index is 255. The normalized spacial score (nSPS) is 29.7. The molecule has 0 aliphatic carbocycles. The molecule has 1 saturated heterocycles. The topological polar surface area (TPSA) is 52.1 Å². The number of aromatic nitrogens is 2. The maximum atomic E-state index is 9.68. The van der Waals surface area contributed by atoms with Crippen LogP contribution in [0.2, 0.25) is 0 Å². The largest absolute Gasteiger partial charge is 0.388 e. The van der Waals surface area contributed by atoms with Gasteiger partial charge in [0.15, 0.2) is 0 Å². The zero-order valence-electron chi connectivity index (χ0n) is 7.12. The fourth-order valence-corrected chi connectivity index (χ4v) is 1.57. The van der Waals surface area contributed by atoms with Crippen LogP contribution < -0.4 is 4.90 Å². The maximum Gasteiger partial charge on any atom is 0.150 e. The summed E-state index contributed by atoms with van der Waals surface area (Å²) < 4.78 is 0. The van der Waals surface area contributed by atoms with Crippen molar-refractivity contribution in [2.45, 2.75) is 18.9 Å². The minimum absolute atomic E-state index is 0.543. The summed E-state index contributed by atoms with van der Waals surface area (Å²) in [5, 5.41) is 16.5. The summed E-state index contributed by atoms with van der Waals surface area (Å²) >= 11 is 0. The van der Waals surface area contributed by atoms with Gasteiger partial charge in [-0.25, -0.2) is 0 Å². The average molecular weight is 167 g/mol. The maximum absolute atomic E-state index is 9.68. The minimum Gasteiger partial charge on any atom is -0.388 e. The molecule has 1 fully saturated rings. The summed E-state index contributed by atoms with van der Waals surface area (Å²) in [6.45, 7) is 3.43. The second-order valence-corrected chi connectivity index (χ2v) is 3.60. The second-order valence-electron chi connectivity index (χ2n) is 3.60. The number of hydrogen-bond donors (Lipinski definition) is 2. The summed E-state index contributed by atoms with van der Waals surface area (Å²) in [7, 11) is 0. The Morgan fingerprint density at radius 1 is 1.75 bits per heavy atom. The highest BCUT2D eigenvalue weighted by Gasteiger charge is 2.31. The fraction of sp³-hybridized carbons (Fsp3) is 0.625. The van der Waals surface area contributed by atoms with Crippen LogP contribution in [0.15, 0.2) is 12.3 Å². The molecule has 4 nitrogen and oxygen atoms in total. The van der Waals surface area contributed by atoms with E-state index < -0.39 is 5.60 Å². The van der Waals surface area contributed by atoms with E-state index in [1.165, 1.54) is 0 Å². The van der Waals surface area contributed by atoms with E-state index in [0.29, 0.717) is 6.54 Å². The van der Waals surface area contributed by atoms with Crippen LogP contribution in [0.3, 0.4) is 0 Å². The number of β-amino-alcohol motifs (C(OH)–C–C–N with tert-alkyl or cyclic N) is 1. The third kappa shape index (κ3) is 1.30. The number of nitrogens with one attached hydrogen (secondary N) is 1. The van der Waals surface area contributed by atoms with E-state index in [2.05, 4.69) is 15.1 Å². The van der Waals surface area contributed by atoms with Crippen LogP contribution in [0.5, 0.6) is 0 Å². The monoisotopic (exact) mass is 167 g/mol. The van der Waals surface area contributed by atoms with Crippen molar-refractivity contribution in [1.29, 1.82) is 0 Å². The molecular weight excluding hydrogens is 154 g/mol. The van der Waals surface area contributed by atoms with Gasteiger partial charge in [-0.3, -0.25) is 5.10 Å². The molecule has 0 spiro atoms. The van der Waals surface area contributed by atoms with Crippen molar-refractivity contribution in [2.75, 3.05) is 18.0 Å². The van der Waals surface area contributed by atoms with Crippen molar-refractivity contribution < 1.29 is 5.11 Å². The Morgan fingerprint density at radius 2 is 2.58 bits per heavy atom. The molecule has 0 radical (unpaired) electrons. The lowest BCUT2D eigenvalue weighted by Crippen LogP contribution is -2.29. The highest BCUT2D eigenvalue weighted by atomic mass is 16.3. The van der Waals surface area contributed by atoms with Gasteiger partial charge in [0.1, 0.15) is 5.82 Å². The quantitative estimate of drug-likeness (QED) is 0.635. The van der Waals surface area contributed by atoms with Gasteiger partial charge in [-0.2, -0.15) is 5.10 Å². The van der Waals surface area contributed by atoms with E-state index in [-0.39, 0.29) is 0 Å². The molecule has 1 atom stereocenters. The zero-order valence-corrected chi connectivity index (χ0v) is 7.12. The molecule has 1 aliphatic rings. The number of anilines is 1. The van der Waals surface area contributed by atoms with Gasteiger partial charge in [-0.05, 0) is 13.3 Å². The summed E-state index contributed by atoms with van der Waals surface area (Å²) in [6, 6.07) is 1.92. The molecule has 1 aromatic rings. The van der Waals surface area contributed by atoms with Gasteiger partial charge in [0, 0.05) is 25.4 Å². The van der Waals surface area contributed by atoms with Gasteiger partial charge < -0.3 is 10.0 Å². The molecule has 2 rings (SSSR count). The predicted octanol–water partition coefficient (Wildman–Crippen LogP) is 0.371. The van der Waals surface area contributed by atoms with Gasteiger partial charge >= 0.3 is 0 Å². The van der Waals surface area contributed by atoms with Crippen molar-refractivity contribution in [1.82, 2.24) is 10.2 Å². The number of hydrogen-bond acceptors (Lipinski definition) is 3. The Kier molecular flexibility index (Phi) is 1.58. The van der Waals surface area contributed by atoms with Crippen LogP contribution in [0.1, 0.15) is 13.3 Å². The van der Waals surface area contributed by atoms with E-state index in [0.717, 1.165) is 18.8 Å². The predicted molar refractivity (Wildman–Crippen MR) is 46.0 cm³/mol. The minimum atomic E-state index is -0.543. The fourth-order valence-electron chi connectivity index (χ4n) is 1.57. The first-order valence-electron chi connectivity index (χ1n) is 4.14. The molecule has 1 aliphatic heterocycles. The Balaban J connectivity index is 2.10. The first-order chi connectivity index (χ1) is 5.67. The molecule has 66 valence electrons. The molecule has 0 bridgehead atoms. The standard InChI is InChI=1S/C8H13N3O/c1-8(12)3-5-11(6-8)7-2-4-9-10-7/h2,4,12H,3,5-6H2,1H3,(H,9,10)/t8-/m1/s1. The molecule has 2 heterocycles. The molecule has 0 aromatic carbocycles. The summed E-state index contributed by atoms with van der Waals surface area (Å²) in [4.78, 5) is 2.08. The number of aliphatic hydroxyl groups is 1. The molecule has 0 saturated carbocycles. The lowest BCUT2D eigenvalue weighted by molar-refractivity contribution is 0.0839. The van der Waals surface area contributed by atoms with Crippen molar-refractivity contribution in [2.24, 2.45) is 0 Å². The van der Waals surface area contributed by atoms with Crippen LogP contribution in [-0.2, 0) is 0 Å². The third-order valence-electron chi connectivity index (χ3n) is 2.26. The van der Waals surface area contributed by atoms with Gasteiger partial charge in [-0.15, -0.1) is 0 Å². The van der Waals surface area contributed by atoms with E-state index >= 15 is 0 Å². The average Bonchev–Trinajstić information content (AvgIpc) is 2.55. The number of H-pyrrole nitrogens is 1. The van der Waals surface area contributed by atoms with Crippen molar-refractivity contribution in [3.8, 4) is 0 Å². The molecule has 0 amide bonds. The SMILES string of the molecule is C[C@@]1(O)CCN(c2cc[nH]n2)C1. The molecule has 0 unspecified atom stereocenters. The third-order valence-corrected chi connectivity index (χ3v) is 2.26. The van der Waals surface area contributed by atoms with Gasteiger partial charge in [-0.1, -0.05) is 0 Å². The van der Waals surface area contributed by atoms with Crippen LogP contribution in [-0.4, -0.2) is 34.0 Å². The highest BCUT2D eigenvalue weighted by Crippen LogP contribution is 2.24. The lowest BCUT2D eigenvalue weighted by atomic mass is 10.1. The smallest absolute Gasteiger partial charge is 0.150 e. The van der Waals surface area contributed by atoms with E-state index in [4.69, 9.17) is 0 Å². The number of aromatic amines is 1. The Labute approximate surface area is 71.2 Å². The molecule has 12 heavy (non-hydrogen) atoms. The Hall–Kier alpha value is -1.03. The summed E-state index contributed by atoms with van der Waals surface area (Å²) in [5.41, 5.74) is -0.543. The van der Waals surface area contributed by atoms with E-state index in [9.17, 15) is 5.11 Å². The first-order valence-corrected chi connectivity index (χ1v) is 4.14. The number of nitrogens with zero attached hydrogens (tertiary/aromatic N) is 2. The summed E-state index contributed by atoms with van der Waals surface area (Å²) in [5.74, 6) is 0.924. The highest BCUT2D eigenvalue weighted by molar-refractivity contribution is 5.38.